The fourth-order valence-corrected chi connectivity index (χ4v) is 4.62. The zero-order chi connectivity index (χ0) is 20.0. The summed E-state index contributed by atoms with van der Waals surface area (Å²) >= 11 is 0. The number of benzene rings is 1. The van der Waals surface area contributed by atoms with Gasteiger partial charge in [-0.1, -0.05) is 42.0 Å². The van der Waals surface area contributed by atoms with E-state index in [9.17, 15) is 14.7 Å². The summed E-state index contributed by atoms with van der Waals surface area (Å²) in [4.78, 5) is 24.7. The number of carboxylic acids is 1. The number of rotatable bonds is 5. The van der Waals surface area contributed by atoms with Gasteiger partial charge in [0.1, 0.15) is 0 Å². The van der Waals surface area contributed by atoms with Crippen molar-refractivity contribution in [3.8, 4) is 0 Å². The topological polar surface area (TPSA) is 84.2 Å². The van der Waals surface area contributed by atoms with Crippen LogP contribution >= 0.6 is 0 Å². The van der Waals surface area contributed by atoms with E-state index in [0.29, 0.717) is 12.2 Å². The Kier molecular flexibility index (Phi) is 4.57. The highest BCUT2D eigenvalue weighted by molar-refractivity contribution is 5.97. The summed E-state index contributed by atoms with van der Waals surface area (Å²) in [7, 11) is 0. The number of aryl methyl sites for hydroxylation is 2. The van der Waals surface area contributed by atoms with Crippen LogP contribution in [0.5, 0.6) is 0 Å². The van der Waals surface area contributed by atoms with E-state index >= 15 is 0 Å². The second kappa shape index (κ2) is 6.93. The molecule has 1 aromatic heterocycles. The van der Waals surface area contributed by atoms with Crippen molar-refractivity contribution in [2.24, 2.45) is 23.7 Å². The largest absolute Gasteiger partial charge is 0.481 e. The van der Waals surface area contributed by atoms with E-state index in [1.54, 1.807) is 0 Å². The van der Waals surface area contributed by atoms with Crippen LogP contribution in [0, 0.1) is 44.4 Å². The van der Waals surface area contributed by atoms with Crippen LogP contribution in [0.4, 0.5) is 5.69 Å². The van der Waals surface area contributed by atoms with Crippen molar-refractivity contribution in [1.82, 2.24) is 9.78 Å². The van der Waals surface area contributed by atoms with E-state index in [4.69, 9.17) is 0 Å². The minimum atomic E-state index is -0.888. The van der Waals surface area contributed by atoms with Gasteiger partial charge in [0.25, 0.3) is 0 Å². The van der Waals surface area contributed by atoms with Gasteiger partial charge in [0.2, 0.25) is 5.91 Å². The number of aliphatic carboxylic acids is 1. The van der Waals surface area contributed by atoms with Gasteiger partial charge in [-0.15, -0.1) is 0 Å². The lowest BCUT2D eigenvalue weighted by molar-refractivity contribution is -0.146. The van der Waals surface area contributed by atoms with Gasteiger partial charge in [0.15, 0.2) is 0 Å². The molecule has 146 valence electrons. The smallest absolute Gasteiger partial charge is 0.307 e. The third-order valence-electron chi connectivity index (χ3n) is 6.13. The first-order valence-electron chi connectivity index (χ1n) is 9.66. The number of aromatic nitrogens is 2. The molecule has 1 fully saturated rings. The Bertz CT molecular complexity index is 958. The molecule has 2 aliphatic carbocycles. The molecular weight excluding hydrogens is 354 g/mol. The molecule has 0 aliphatic heterocycles. The summed E-state index contributed by atoms with van der Waals surface area (Å²) in [5.41, 5.74) is 4.64. The number of carboxylic acid groups (broad SMARTS) is 1. The molecule has 1 amide bonds. The summed E-state index contributed by atoms with van der Waals surface area (Å²) in [6.45, 7) is 6.47. The molecule has 2 N–H and O–H groups in total. The number of carbonyl (C=O) groups excluding carboxylic acids is 1. The van der Waals surface area contributed by atoms with Gasteiger partial charge >= 0.3 is 5.97 Å². The van der Waals surface area contributed by atoms with Gasteiger partial charge in [0.05, 0.1) is 35.5 Å². The number of allylic oxidation sites excluding steroid dienone is 2. The highest BCUT2D eigenvalue weighted by atomic mass is 16.4. The number of anilines is 1. The summed E-state index contributed by atoms with van der Waals surface area (Å²) < 4.78 is 1.88. The average Bonchev–Trinajstić information content (AvgIpc) is 3.33. The van der Waals surface area contributed by atoms with Crippen LogP contribution in [0.25, 0.3) is 0 Å². The molecule has 6 heteroatoms. The van der Waals surface area contributed by atoms with E-state index in [-0.39, 0.29) is 17.7 Å². The van der Waals surface area contributed by atoms with Crippen molar-refractivity contribution in [3.05, 3.63) is 58.9 Å². The normalized spacial score (nSPS) is 25.2. The summed E-state index contributed by atoms with van der Waals surface area (Å²) in [5.74, 6) is -2.30. The van der Waals surface area contributed by atoms with E-state index in [1.165, 1.54) is 5.56 Å². The van der Waals surface area contributed by atoms with Gasteiger partial charge in [-0.3, -0.25) is 14.3 Å². The predicted molar refractivity (Wildman–Crippen MR) is 106 cm³/mol. The lowest BCUT2D eigenvalue weighted by atomic mass is 9.82. The highest BCUT2D eigenvalue weighted by Crippen LogP contribution is 2.48. The molecule has 6 nitrogen and oxygen atoms in total. The Morgan fingerprint density at radius 3 is 2.39 bits per heavy atom. The maximum Gasteiger partial charge on any atom is 0.307 e. The molecule has 2 aromatic rings. The Hall–Kier alpha value is -2.89. The molecule has 4 atom stereocenters. The number of amides is 1. The van der Waals surface area contributed by atoms with Crippen LogP contribution in [0.1, 0.15) is 28.9 Å². The molecule has 4 rings (SSSR count). The second-order valence-corrected chi connectivity index (χ2v) is 8.02. The van der Waals surface area contributed by atoms with E-state index < -0.39 is 17.8 Å². The molecule has 2 bridgehead atoms. The molecule has 28 heavy (non-hydrogen) atoms. The molecule has 0 saturated heterocycles. The SMILES string of the molecule is Cc1ccc(Cn2nc(C)c(NC(=O)[C@H]3[C@@H](C(=O)O)[C@H]4C=C[C@H]3C4)c2C)cc1. The van der Waals surface area contributed by atoms with E-state index in [1.807, 2.05) is 30.7 Å². The Morgan fingerprint density at radius 1 is 1.11 bits per heavy atom. The number of hydrogen-bond donors (Lipinski definition) is 2. The molecule has 0 spiro atoms. The fourth-order valence-electron chi connectivity index (χ4n) is 4.62. The first-order valence-corrected chi connectivity index (χ1v) is 9.66. The molecule has 0 radical (unpaired) electrons. The van der Waals surface area contributed by atoms with Crippen molar-refractivity contribution < 1.29 is 14.7 Å². The lowest BCUT2D eigenvalue weighted by Gasteiger charge is -2.23. The monoisotopic (exact) mass is 379 g/mol. The third kappa shape index (κ3) is 3.13. The minimum absolute atomic E-state index is 0.00863. The molecule has 1 heterocycles. The molecule has 1 aromatic carbocycles. The Balaban J connectivity index is 1.54. The maximum absolute atomic E-state index is 13.0. The van der Waals surface area contributed by atoms with E-state index in [0.717, 1.165) is 23.4 Å². The van der Waals surface area contributed by atoms with Crippen molar-refractivity contribution in [1.29, 1.82) is 0 Å². The Labute approximate surface area is 164 Å². The highest BCUT2D eigenvalue weighted by Gasteiger charge is 2.51. The third-order valence-corrected chi connectivity index (χ3v) is 6.13. The van der Waals surface area contributed by atoms with Gasteiger partial charge in [-0.05, 0) is 44.6 Å². The quantitative estimate of drug-likeness (QED) is 0.781. The molecule has 2 aliphatic rings. The van der Waals surface area contributed by atoms with Crippen LogP contribution in [0.15, 0.2) is 36.4 Å². The first-order chi connectivity index (χ1) is 13.3. The van der Waals surface area contributed by atoms with Crippen LogP contribution in [-0.2, 0) is 16.1 Å². The van der Waals surface area contributed by atoms with Gasteiger partial charge < -0.3 is 10.4 Å². The number of nitrogens with zero attached hydrogens (tertiary/aromatic N) is 2. The van der Waals surface area contributed by atoms with Gasteiger partial charge in [-0.2, -0.15) is 5.10 Å². The van der Waals surface area contributed by atoms with Crippen molar-refractivity contribution in [2.75, 3.05) is 5.32 Å². The van der Waals surface area contributed by atoms with Crippen molar-refractivity contribution in [2.45, 2.75) is 33.7 Å². The summed E-state index contributed by atoms with van der Waals surface area (Å²) in [6.07, 6.45) is 4.69. The zero-order valence-corrected chi connectivity index (χ0v) is 16.3. The van der Waals surface area contributed by atoms with Crippen LogP contribution in [0.3, 0.4) is 0 Å². The summed E-state index contributed by atoms with van der Waals surface area (Å²) in [6, 6.07) is 8.28. The van der Waals surface area contributed by atoms with Crippen LogP contribution in [0.2, 0.25) is 0 Å². The van der Waals surface area contributed by atoms with Crippen LogP contribution < -0.4 is 5.32 Å². The van der Waals surface area contributed by atoms with Crippen molar-refractivity contribution in [3.63, 3.8) is 0 Å². The number of fused-ring (bicyclic) bond motifs is 2. The second-order valence-electron chi connectivity index (χ2n) is 8.02. The number of carbonyl (C=O) groups is 2. The molecular formula is C22H25N3O3. The minimum Gasteiger partial charge on any atom is -0.481 e. The zero-order valence-electron chi connectivity index (χ0n) is 16.3. The lowest BCUT2D eigenvalue weighted by Crippen LogP contribution is -2.36. The first kappa shape index (κ1) is 18.5. The number of hydrogen-bond acceptors (Lipinski definition) is 3. The van der Waals surface area contributed by atoms with Crippen LogP contribution in [-0.4, -0.2) is 26.8 Å². The van der Waals surface area contributed by atoms with Gasteiger partial charge in [-0.25, -0.2) is 0 Å². The Morgan fingerprint density at radius 2 is 1.75 bits per heavy atom. The van der Waals surface area contributed by atoms with E-state index in [2.05, 4.69) is 41.6 Å². The fraction of sp³-hybridized carbons (Fsp3) is 0.409. The molecule has 1 saturated carbocycles. The maximum atomic E-state index is 13.0. The average molecular weight is 379 g/mol. The van der Waals surface area contributed by atoms with Crippen molar-refractivity contribution >= 4 is 17.6 Å². The predicted octanol–water partition coefficient (Wildman–Crippen LogP) is 3.32. The number of nitrogens with one attached hydrogen (secondary N) is 1. The molecule has 0 unspecified atom stereocenters. The summed E-state index contributed by atoms with van der Waals surface area (Å²) in [5, 5.41) is 17.2. The standard InChI is InChI=1S/C22H25N3O3/c1-12-4-6-15(7-5-12)11-25-14(3)20(13(2)24-25)23-21(26)18-16-8-9-17(10-16)19(18)22(27)28/h4-9,16-19H,10-11H2,1-3H3,(H,23,26)(H,27,28)/t16-,17-,18+,19-/m0/s1. The van der Waals surface area contributed by atoms with Gasteiger partial charge in [0, 0.05) is 0 Å².